The zero-order valence-corrected chi connectivity index (χ0v) is 11.9. The van der Waals surface area contributed by atoms with Crippen LogP contribution in [0.4, 0.5) is 0 Å². The van der Waals surface area contributed by atoms with Gasteiger partial charge in [0.1, 0.15) is 0 Å². The Morgan fingerprint density at radius 3 is 2.67 bits per heavy atom. The fourth-order valence-electron chi connectivity index (χ4n) is 2.67. The van der Waals surface area contributed by atoms with Crippen LogP contribution in [0.2, 0.25) is 0 Å². The molecular formula is C14H22N2O5. The summed E-state index contributed by atoms with van der Waals surface area (Å²) in [6, 6.07) is 1.46. The van der Waals surface area contributed by atoms with E-state index in [1.165, 1.54) is 0 Å². The maximum Gasteiger partial charge on any atom is 0.309 e. The third-order valence-electron chi connectivity index (χ3n) is 3.91. The van der Waals surface area contributed by atoms with E-state index in [4.69, 9.17) is 4.42 Å². The molecule has 2 heterocycles. The van der Waals surface area contributed by atoms with Crippen molar-refractivity contribution in [2.75, 3.05) is 39.4 Å². The Labute approximate surface area is 123 Å². The Bertz CT molecular complexity index is 433. The Morgan fingerprint density at radius 1 is 1.33 bits per heavy atom. The van der Waals surface area contributed by atoms with Crippen LogP contribution in [0.5, 0.6) is 0 Å². The summed E-state index contributed by atoms with van der Waals surface area (Å²) in [4.78, 5) is 15.3. The van der Waals surface area contributed by atoms with Crippen molar-refractivity contribution in [1.29, 1.82) is 0 Å². The Hall–Kier alpha value is -1.41. The highest BCUT2D eigenvalue weighted by molar-refractivity contribution is 5.70. The summed E-state index contributed by atoms with van der Waals surface area (Å²) < 4.78 is 5.04. The minimum absolute atomic E-state index is 0.176. The predicted octanol–water partition coefficient (Wildman–Crippen LogP) is -0.549. The van der Waals surface area contributed by atoms with Crippen LogP contribution in [-0.4, -0.2) is 76.5 Å². The van der Waals surface area contributed by atoms with Crippen LogP contribution in [-0.2, 0) is 11.3 Å². The van der Waals surface area contributed by atoms with Crippen LogP contribution in [0.15, 0.2) is 23.0 Å². The first kappa shape index (κ1) is 16.0. The van der Waals surface area contributed by atoms with Gasteiger partial charge in [-0.2, -0.15) is 0 Å². The van der Waals surface area contributed by atoms with Crippen molar-refractivity contribution in [3.8, 4) is 0 Å². The first-order valence-corrected chi connectivity index (χ1v) is 7.06. The average Bonchev–Trinajstić information content (AvgIpc) is 2.87. The lowest BCUT2D eigenvalue weighted by atomic mass is 10.1. The van der Waals surface area contributed by atoms with Gasteiger partial charge in [0.05, 0.1) is 37.7 Å². The normalized spacial score (nSPS) is 21.6. The van der Waals surface area contributed by atoms with Crippen LogP contribution < -0.4 is 0 Å². The molecule has 1 saturated heterocycles. The van der Waals surface area contributed by atoms with Gasteiger partial charge in [0.2, 0.25) is 0 Å². The monoisotopic (exact) mass is 298 g/mol. The van der Waals surface area contributed by atoms with E-state index >= 15 is 0 Å². The molecule has 1 aromatic heterocycles. The number of carboxylic acid groups (broad SMARTS) is 1. The van der Waals surface area contributed by atoms with Crippen LogP contribution in [0.1, 0.15) is 5.56 Å². The second-order valence-corrected chi connectivity index (χ2v) is 5.42. The number of aliphatic hydroxyl groups is 2. The molecule has 1 aliphatic heterocycles. The van der Waals surface area contributed by atoms with E-state index in [0.717, 1.165) is 5.56 Å². The van der Waals surface area contributed by atoms with Crippen molar-refractivity contribution in [3.63, 3.8) is 0 Å². The van der Waals surface area contributed by atoms with E-state index in [0.29, 0.717) is 32.7 Å². The highest BCUT2D eigenvalue weighted by Crippen LogP contribution is 2.15. The van der Waals surface area contributed by atoms with Gasteiger partial charge in [-0.15, -0.1) is 0 Å². The lowest BCUT2D eigenvalue weighted by molar-refractivity contribution is -0.143. The van der Waals surface area contributed by atoms with Gasteiger partial charge in [0.25, 0.3) is 0 Å². The molecule has 0 radical (unpaired) electrons. The van der Waals surface area contributed by atoms with Crippen molar-refractivity contribution in [1.82, 2.24) is 9.80 Å². The largest absolute Gasteiger partial charge is 0.481 e. The molecule has 0 saturated carbocycles. The molecule has 1 atom stereocenters. The number of rotatable bonds is 6. The number of hydrogen-bond acceptors (Lipinski definition) is 6. The third kappa shape index (κ3) is 4.28. The van der Waals surface area contributed by atoms with E-state index in [-0.39, 0.29) is 13.2 Å². The lowest BCUT2D eigenvalue weighted by Gasteiger charge is -2.28. The fourth-order valence-corrected chi connectivity index (χ4v) is 2.67. The maximum atomic E-state index is 11.4. The number of carbonyl (C=O) groups is 1. The van der Waals surface area contributed by atoms with Gasteiger partial charge in [-0.25, -0.2) is 0 Å². The SMILES string of the molecule is O=C(O)C1CN(Cc2ccoc2)CCN(C(CO)CO)C1. The van der Waals surface area contributed by atoms with E-state index in [9.17, 15) is 20.1 Å². The van der Waals surface area contributed by atoms with Crippen LogP contribution in [0, 0.1) is 5.92 Å². The summed E-state index contributed by atoms with van der Waals surface area (Å²) in [7, 11) is 0. The molecule has 1 aliphatic rings. The highest BCUT2D eigenvalue weighted by Gasteiger charge is 2.30. The molecule has 0 bridgehead atoms. The van der Waals surface area contributed by atoms with E-state index < -0.39 is 17.9 Å². The summed E-state index contributed by atoms with van der Waals surface area (Å²) in [6.45, 7) is 2.37. The average molecular weight is 298 g/mol. The Kier molecular flexibility index (Phi) is 5.75. The van der Waals surface area contributed by atoms with Gasteiger partial charge in [-0.05, 0) is 6.07 Å². The fraction of sp³-hybridized carbons (Fsp3) is 0.643. The van der Waals surface area contributed by atoms with E-state index in [1.54, 1.807) is 12.5 Å². The number of carboxylic acids is 1. The molecule has 3 N–H and O–H groups in total. The second-order valence-electron chi connectivity index (χ2n) is 5.42. The molecular weight excluding hydrogens is 276 g/mol. The van der Waals surface area contributed by atoms with Crippen molar-refractivity contribution < 1.29 is 24.5 Å². The Morgan fingerprint density at radius 2 is 2.10 bits per heavy atom. The van der Waals surface area contributed by atoms with Gasteiger partial charge in [0, 0.05) is 38.3 Å². The zero-order valence-electron chi connectivity index (χ0n) is 11.9. The smallest absolute Gasteiger partial charge is 0.309 e. The summed E-state index contributed by atoms with van der Waals surface area (Å²) in [6.07, 6.45) is 3.25. The molecule has 0 aliphatic carbocycles. The number of aliphatic hydroxyl groups excluding tert-OH is 2. The third-order valence-corrected chi connectivity index (χ3v) is 3.91. The number of nitrogens with zero attached hydrogens (tertiary/aromatic N) is 2. The van der Waals surface area contributed by atoms with Crippen molar-refractivity contribution in [2.45, 2.75) is 12.6 Å². The standard InChI is InChI=1S/C14H22N2O5/c17-8-13(9-18)16-3-2-15(5-11-1-4-21-10-11)6-12(7-16)14(19)20/h1,4,10,12-13,17-18H,2-3,5-9H2,(H,19,20). The van der Waals surface area contributed by atoms with Crippen LogP contribution in [0.25, 0.3) is 0 Å². The van der Waals surface area contributed by atoms with E-state index in [1.807, 2.05) is 11.0 Å². The highest BCUT2D eigenvalue weighted by atomic mass is 16.4. The lowest BCUT2D eigenvalue weighted by Crippen LogP contribution is -2.44. The van der Waals surface area contributed by atoms with Crippen LogP contribution in [0.3, 0.4) is 0 Å². The topological polar surface area (TPSA) is 97.4 Å². The van der Waals surface area contributed by atoms with Crippen molar-refractivity contribution in [2.24, 2.45) is 5.92 Å². The quantitative estimate of drug-likeness (QED) is 0.648. The van der Waals surface area contributed by atoms with Crippen molar-refractivity contribution in [3.05, 3.63) is 24.2 Å². The Balaban J connectivity index is 2.05. The molecule has 0 aromatic carbocycles. The minimum Gasteiger partial charge on any atom is -0.481 e. The second kappa shape index (κ2) is 7.56. The molecule has 118 valence electrons. The van der Waals surface area contributed by atoms with Gasteiger partial charge in [0.15, 0.2) is 0 Å². The van der Waals surface area contributed by atoms with Gasteiger partial charge in [-0.1, -0.05) is 0 Å². The molecule has 1 aromatic rings. The van der Waals surface area contributed by atoms with Crippen molar-refractivity contribution >= 4 is 5.97 Å². The maximum absolute atomic E-state index is 11.4. The summed E-state index contributed by atoms with van der Waals surface area (Å²) in [5.41, 5.74) is 1.01. The zero-order chi connectivity index (χ0) is 15.2. The number of hydrogen-bond donors (Lipinski definition) is 3. The molecule has 21 heavy (non-hydrogen) atoms. The predicted molar refractivity (Wildman–Crippen MR) is 74.6 cm³/mol. The minimum atomic E-state index is -0.853. The first-order chi connectivity index (χ1) is 10.1. The molecule has 7 heteroatoms. The summed E-state index contributed by atoms with van der Waals surface area (Å²) in [5.74, 6) is -1.39. The summed E-state index contributed by atoms with van der Waals surface area (Å²) >= 11 is 0. The first-order valence-electron chi connectivity index (χ1n) is 7.06. The summed E-state index contributed by atoms with van der Waals surface area (Å²) in [5, 5.41) is 27.9. The van der Waals surface area contributed by atoms with E-state index in [2.05, 4.69) is 4.90 Å². The molecule has 1 unspecified atom stereocenters. The van der Waals surface area contributed by atoms with Gasteiger partial charge < -0.3 is 19.7 Å². The molecule has 0 amide bonds. The number of aliphatic carboxylic acids is 1. The molecule has 7 nitrogen and oxygen atoms in total. The molecule has 2 rings (SSSR count). The molecule has 0 spiro atoms. The number of furan rings is 1. The van der Waals surface area contributed by atoms with Gasteiger partial charge >= 0.3 is 5.97 Å². The van der Waals surface area contributed by atoms with Crippen LogP contribution >= 0.6 is 0 Å². The molecule has 1 fully saturated rings. The van der Waals surface area contributed by atoms with Gasteiger partial charge in [-0.3, -0.25) is 14.6 Å².